The van der Waals surface area contributed by atoms with Gasteiger partial charge in [-0.1, -0.05) is 56.7 Å². The molecule has 1 unspecified atom stereocenters. The molecule has 0 saturated heterocycles. The van der Waals surface area contributed by atoms with Gasteiger partial charge in [0.25, 0.3) is 0 Å². The van der Waals surface area contributed by atoms with Crippen LogP contribution in [-0.4, -0.2) is 42.5 Å². The predicted molar refractivity (Wildman–Crippen MR) is 141 cm³/mol. The summed E-state index contributed by atoms with van der Waals surface area (Å²) >= 11 is 0. The number of carbonyl (C=O) groups is 2. The maximum atomic E-state index is 13.5. The Bertz CT molecular complexity index is 957. The Morgan fingerprint density at radius 3 is 2.29 bits per heavy atom. The van der Waals surface area contributed by atoms with Gasteiger partial charge < -0.3 is 19.7 Å². The minimum absolute atomic E-state index is 0.0371. The fraction of sp³-hybridized carbons (Fsp3) is 0.517. The summed E-state index contributed by atoms with van der Waals surface area (Å²) in [6.07, 6.45) is 1.41. The predicted octanol–water partition coefficient (Wildman–Crippen LogP) is 5.30. The SMILES string of the molecule is CCOc1ccc(CCC(=O)N(Cc2cccc(C)c2)C(CC)C(=O)NCC(C)C)cc1OCC. The van der Waals surface area contributed by atoms with Gasteiger partial charge in [-0.2, -0.15) is 0 Å². The number of hydrogen-bond acceptors (Lipinski definition) is 4. The van der Waals surface area contributed by atoms with Gasteiger partial charge in [-0.25, -0.2) is 0 Å². The van der Waals surface area contributed by atoms with Gasteiger partial charge in [-0.05, 0) is 62.8 Å². The summed E-state index contributed by atoms with van der Waals surface area (Å²) in [5, 5.41) is 3.02. The Morgan fingerprint density at radius 1 is 0.943 bits per heavy atom. The maximum absolute atomic E-state index is 13.5. The second kappa shape index (κ2) is 14.4. The first kappa shape index (κ1) is 28.2. The van der Waals surface area contributed by atoms with Crippen molar-refractivity contribution < 1.29 is 19.1 Å². The summed E-state index contributed by atoms with van der Waals surface area (Å²) in [6, 6.07) is 13.4. The van der Waals surface area contributed by atoms with Gasteiger partial charge in [-0.3, -0.25) is 9.59 Å². The molecular formula is C29H42N2O4. The van der Waals surface area contributed by atoms with Crippen molar-refractivity contribution in [2.45, 2.75) is 73.4 Å². The van der Waals surface area contributed by atoms with E-state index in [-0.39, 0.29) is 11.8 Å². The Hall–Kier alpha value is -3.02. The number of nitrogens with zero attached hydrogens (tertiary/aromatic N) is 1. The molecule has 0 aromatic heterocycles. The first-order valence-electron chi connectivity index (χ1n) is 12.8. The van der Waals surface area contributed by atoms with Crippen molar-refractivity contribution in [3.8, 4) is 11.5 Å². The van der Waals surface area contributed by atoms with E-state index in [4.69, 9.17) is 9.47 Å². The number of amides is 2. The average Bonchev–Trinajstić information content (AvgIpc) is 2.82. The lowest BCUT2D eigenvalue weighted by Crippen LogP contribution is -2.49. The Morgan fingerprint density at radius 2 is 1.66 bits per heavy atom. The van der Waals surface area contributed by atoms with Crippen molar-refractivity contribution in [3.63, 3.8) is 0 Å². The van der Waals surface area contributed by atoms with E-state index in [1.807, 2.05) is 64.1 Å². The van der Waals surface area contributed by atoms with Crippen LogP contribution in [0, 0.1) is 12.8 Å². The maximum Gasteiger partial charge on any atom is 0.242 e. The van der Waals surface area contributed by atoms with Crippen molar-refractivity contribution in [2.75, 3.05) is 19.8 Å². The molecule has 192 valence electrons. The molecule has 0 radical (unpaired) electrons. The highest BCUT2D eigenvalue weighted by molar-refractivity contribution is 5.87. The molecule has 0 aliphatic carbocycles. The van der Waals surface area contributed by atoms with E-state index in [9.17, 15) is 9.59 Å². The molecule has 0 aliphatic rings. The van der Waals surface area contributed by atoms with Crippen molar-refractivity contribution in [1.82, 2.24) is 10.2 Å². The molecule has 0 heterocycles. The Kier molecular flexibility index (Phi) is 11.6. The molecule has 35 heavy (non-hydrogen) atoms. The molecule has 6 heteroatoms. The molecule has 0 saturated carbocycles. The van der Waals surface area contributed by atoms with Gasteiger partial charge in [-0.15, -0.1) is 0 Å². The number of rotatable bonds is 14. The number of ether oxygens (including phenoxy) is 2. The molecular weight excluding hydrogens is 440 g/mol. The monoisotopic (exact) mass is 482 g/mol. The summed E-state index contributed by atoms with van der Waals surface area (Å²) < 4.78 is 11.4. The van der Waals surface area contributed by atoms with E-state index >= 15 is 0 Å². The van der Waals surface area contributed by atoms with Crippen molar-refractivity contribution in [1.29, 1.82) is 0 Å². The number of aryl methyl sites for hydroxylation is 2. The molecule has 2 rings (SSSR count). The van der Waals surface area contributed by atoms with E-state index < -0.39 is 6.04 Å². The van der Waals surface area contributed by atoms with E-state index in [1.54, 1.807) is 4.90 Å². The Labute approximate surface area is 211 Å². The van der Waals surface area contributed by atoms with E-state index in [2.05, 4.69) is 25.2 Å². The lowest BCUT2D eigenvalue weighted by Gasteiger charge is -2.31. The highest BCUT2D eigenvalue weighted by Gasteiger charge is 2.28. The van der Waals surface area contributed by atoms with E-state index in [1.165, 1.54) is 0 Å². The van der Waals surface area contributed by atoms with Crippen LogP contribution in [0.3, 0.4) is 0 Å². The molecule has 0 bridgehead atoms. The highest BCUT2D eigenvalue weighted by atomic mass is 16.5. The van der Waals surface area contributed by atoms with Crippen LogP contribution in [0.2, 0.25) is 0 Å². The first-order valence-corrected chi connectivity index (χ1v) is 12.8. The van der Waals surface area contributed by atoms with Crippen molar-refractivity contribution in [3.05, 3.63) is 59.2 Å². The van der Waals surface area contributed by atoms with Gasteiger partial charge in [0.1, 0.15) is 6.04 Å². The van der Waals surface area contributed by atoms with Crippen LogP contribution in [0.25, 0.3) is 0 Å². The molecule has 1 N–H and O–H groups in total. The standard InChI is InChI=1S/C29H42N2O4/c1-7-25(29(33)30-19-21(4)5)31(20-24-12-10-11-22(6)17-24)28(32)16-14-23-13-15-26(34-8-2)27(18-23)35-9-3/h10-13,15,17-18,21,25H,7-9,14,16,19-20H2,1-6H3,(H,30,33). The molecule has 0 spiro atoms. The fourth-order valence-electron chi connectivity index (χ4n) is 4.00. The zero-order valence-electron chi connectivity index (χ0n) is 22.2. The van der Waals surface area contributed by atoms with Crippen LogP contribution in [0.15, 0.2) is 42.5 Å². The summed E-state index contributed by atoms with van der Waals surface area (Å²) in [6.45, 7) is 14.1. The summed E-state index contributed by atoms with van der Waals surface area (Å²) in [4.78, 5) is 28.3. The lowest BCUT2D eigenvalue weighted by atomic mass is 10.0. The van der Waals surface area contributed by atoms with Crippen LogP contribution < -0.4 is 14.8 Å². The third-order valence-corrected chi connectivity index (χ3v) is 5.74. The average molecular weight is 483 g/mol. The quantitative estimate of drug-likeness (QED) is 0.397. The summed E-state index contributed by atoms with van der Waals surface area (Å²) in [5.41, 5.74) is 3.15. The van der Waals surface area contributed by atoms with E-state index in [0.29, 0.717) is 63.0 Å². The smallest absolute Gasteiger partial charge is 0.242 e. The fourth-order valence-corrected chi connectivity index (χ4v) is 4.00. The van der Waals surface area contributed by atoms with Crippen LogP contribution >= 0.6 is 0 Å². The molecule has 6 nitrogen and oxygen atoms in total. The normalized spacial score (nSPS) is 11.7. The van der Waals surface area contributed by atoms with Gasteiger partial charge in [0, 0.05) is 19.5 Å². The largest absolute Gasteiger partial charge is 0.490 e. The lowest BCUT2D eigenvalue weighted by molar-refractivity contribution is -0.141. The third-order valence-electron chi connectivity index (χ3n) is 5.74. The summed E-state index contributed by atoms with van der Waals surface area (Å²) in [5.74, 6) is 1.61. The van der Waals surface area contributed by atoms with Crippen molar-refractivity contribution >= 4 is 11.8 Å². The van der Waals surface area contributed by atoms with Crippen LogP contribution in [0.1, 0.15) is 64.2 Å². The van der Waals surface area contributed by atoms with Crippen molar-refractivity contribution in [2.24, 2.45) is 5.92 Å². The second-order valence-corrected chi connectivity index (χ2v) is 9.22. The number of benzene rings is 2. The molecule has 2 aromatic rings. The second-order valence-electron chi connectivity index (χ2n) is 9.22. The van der Waals surface area contributed by atoms with E-state index in [0.717, 1.165) is 16.7 Å². The minimum atomic E-state index is -0.513. The number of carbonyl (C=O) groups excluding carboxylic acids is 2. The van der Waals surface area contributed by atoms with Gasteiger partial charge in [0.15, 0.2) is 11.5 Å². The Balaban J connectivity index is 2.22. The topological polar surface area (TPSA) is 67.9 Å². The highest BCUT2D eigenvalue weighted by Crippen LogP contribution is 2.29. The van der Waals surface area contributed by atoms with Crippen LogP contribution in [0.5, 0.6) is 11.5 Å². The summed E-state index contributed by atoms with van der Waals surface area (Å²) in [7, 11) is 0. The molecule has 1 atom stereocenters. The minimum Gasteiger partial charge on any atom is -0.490 e. The molecule has 0 fully saturated rings. The molecule has 2 aromatic carbocycles. The van der Waals surface area contributed by atoms with Crippen LogP contribution in [-0.2, 0) is 22.6 Å². The molecule has 2 amide bonds. The van der Waals surface area contributed by atoms with Gasteiger partial charge >= 0.3 is 0 Å². The third kappa shape index (κ3) is 8.93. The molecule has 0 aliphatic heterocycles. The number of nitrogens with one attached hydrogen (secondary N) is 1. The van der Waals surface area contributed by atoms with Gasteiger partial charge in [0.2, 0.25) is 11.8 Å². The van der Waals surface area contributed by atoms with Crippen LogP contribution in [0.4, 0.5) is 0 Å². The zero-order valence-corrected chi connectivity index (χ0v) is 22.2. The number of hydrogen-bond donors (Lipinski definition) is 1. The van der Waals surface area contributed by atoms with Gasteiger partial charge in [0.05, 0.1) is 13.2 Å². The zero-order chi connectivity index (χ0) is 25.8. The first-order chi connectivity index (χ1) is 16.8.